The molecule has 1 aromatic rings. The number of ether oxygens (including phenoxy) is 1. The molecule has 2 rings (SSSR count). The lowest BCUT2D eigenvalue weighted by atomic mass is 10.1. The fraction of sp³-hybridized carbons (Fsp3) is 0.417. The molecule has 0 saturated carbocycles. The number of allylic oxidation sites excluding steroid dienone is 1. The zero-order valence-corrected chi connectivity index (χ0v) is 10.4. The van der Waals surface area contributed by atoms with E-state index in [-0.39, 0.29) is 24.2 Å². The number of hydrogen-bond donors (Lipinski definition) is 3. The van der Waals surface area contributed by atoms with Gasteiger partial charge in [0.1, 0.15) is 12.3 Å². The summed E-state index contributed by atoms with van der Waals surface area (Å²) in [5, 5.41) is 27.4. The maximum atomic E-state index is 11.8. The largest absolute Gasteiger partial charge is 0.394 e. The van der Waals surface area contributed by atoms with Crippen LogP contribution in [0.15, 0.2) is 22.4 Å². The summed E-state index contributed by atoms with van der Waals surface area (Å²) < 4.78 is 6.39. The minimum atomic E-state index is -0.911. The van der Waals surface area contributed by atoms with Crippen molar-refractivity contribution in [1.29, 1.82) is 5.26 Å². The summed E-state index contributed by atoms with van der Waals surface area (Å²) in [7, 11) is 0. The fourth-order valence-corrected chi connectivity index (χ4v) is 2.02. The van der Waals surface area contributed by atoms with Crippen molar-refractivity contribution in [2.75, 3.05) is 6.61 Å². The molecule has 0 amide bonds. The lowest BCUT2D eigenvalue weighted by molar-refractivity contribution is -0.0459. The Hall–Kier alpha value is -2.21. The van der Waals surface area contributed by atoms with Gasteiger partial charge in [0.25, 0.3) is 5.56 Å². The number of aliphatic hydroxyl groups excluding tert-OH is 2. The van der Waals surface area contributed by atoms with E-state index in [4.69, 9.17) is 15.1 Å². The summed E-state index contributed by atoms with van der Waals surface area (Å²) in [5.74, 6) is 0. The number of hydrogen-bond acceptors (Lipinski definition) is 6. The van der Waals surface area contributed by atoms with Gasteiger partial charge in [-0.3, -0.25) is 14.3 Å². The molecule has 1 aromatic heterocycles. The molecule has 1 aliphatic rings. The predicted molar refractivity (Wildman–Crippen MR) is 67.6 cm³/mol. The summed E-state index contributed by atoms with van der Waals surface area (Å²) in [6.07, 6.45) is -1.26. The van der Waals surface area contributed by atoms with Gasteiger partial charge >= 0.3 is 5.69 Å². The Bertz CT molecular complexity index is 684. The molecule has 0 aliphatic carbocycles. The molecule has 0 bridgehead atoms. The molecule has 1 aliphatic heterocycles. The molecule has 3 N–H and O–H groups in total. The smallest absolute Gasteiger partial charge is 0.330 e. The molecule has 8 nitrogen and oxygen atoms in total. The van der Waals surface area contributed by atoms with Crippen LogP contribution in [-0.2, 0) is 4.74 Å². The first-order chi connectivity index (χ1) is 9.47. The summed E-state index contributed by atoms with van der Waals surface area (Å²) in [4.78, 5) is 25.4. The van der Waals surface area contributed by atoms with Gasteiger partial charge in [-0.1, -0.05) is 6.58 Å². The third-order valence-corrected chi connectivity index (χ3v) is 3.12. The van der Waals surface area contributed by atoms with Crippen molar-refractivity contribution in [3.8, 4) is 6.07 Å². The quantitative estimate of drug-likeness (QED) is 0.591. The minimum absolute atomic E-state index is 0.0439. The van der Waals surface area contributed by atoms with Crippen LogP contribution in [0.4, 0.5) is 0 Å². The van der Waals surface area contributed by atoms with Crippen molar-refractivity contribution in [3.05, 3.63) is 39.2 Å². The van der Waals surface area contributed by atoms with Gasteiger partial charge in [0.05, 0.1) is 29.9 Å². The minimum Gasteiger partial charge on any atom is -0.394 e. The van der Waals surface area contributed by atoms with E-state index in [1.165, 1.54) is 6.20 Å². The van der Waals surface area contributed by atoms with Crippen LogP contribution in [0.3, 0.4) is 0 Å². The Morgan fingerprint density at radius 2 is 2.35 bits per heavy atom. The average molecular weight is 279 g/mol. The Morgan fingerprint density at radius 1 is 1.65 bits per heavy atom. The summed E-state index contributed by atoms with van der Waals surface area (Å²) in [6, 6.07) is 1.73. The maximum Gasteiger partial charge on any atom is 0.330 e. The van der Waals surface area contributed by atoms with E-state index in [9.17, 15) is 14.7 Å². The first-order valence-electron chi connectivity index (χ1n) is 5.87. The van der Waals surface area contributed by atoms with Crippen LogP contribution in [0.2, 0.25) is 0 Å². The topological polar surface area (TPSA) is 128 Å². The monoisotopic (exact) mass is 279 g/mol. The highest BCUT2D eigenvalue weighted by Crippen LogP contribution is 2.27. The standard InChI is InChI=1S/C12H13N3O5/c1-6(3-13)7-4-15(12(19)14-11(7)18)10-2-8(17)9(5-16)20-10/h4,8-10,16-17H,1-2,5H2,(H,14,18,19)/t8-,9+,10-/m0/s1. The molecule has 20 heavy (non-hydrogen) atoms. The van der Waals surface area contributed by atoms with Crippen LogP contribution < -0.4 is 11.2 Å². The van der Waals surface area contributed by atoms with Crippen molar-refractivity contribution in [3.63, 3.8) is 0 Å². The highest BCUT2D eigenvalue weighted by atomic mass is 16.5. The van der Waals surface area contributed by atoms with Crippen LogP contribution in [0, 0.1) is 11.3 Å². The molecular weight excluding hydrogens is 266 g/mol. The van der Waals surface area contributed by atoms with Crippen molar-refractivity contribution >= 4 is 5.57 Å². The summed E-state index contributed by atoms with van der Waals surface area (Å²) >= 11 is 0. The van der Waals surface area contributed by atoms with Gasteiger partial charge in [-0.2, -0.15) is 5.26 Å². The van der Waals surface area contributed by atoms with Crippen LogP contribution in [0.1, 0.15) is 18.2 Å². The lowest BCUT2D eigenvalue weighted by Gasteiger charge is -2.15. The van der Waals surface area contributed by atoms with E-state index >= 15 is 0 Å². The maximum absolute atomic E-state index is 11.8. The normalized spacial score (nSPS) is 25.4. The molecule has 8 heteroatoms. The van der Waals surface area contributed by atoms with Crippen LogP contribution in [0.25, 0.3) is 5.57 Å². The van der Waals surface area contributed by atoms with Crippen molar-refractivity contribution < 1.29 is 14.9 Å². The van der Waals surface area contributed by atoms with Gasteiger partial charge in [0, 0.05) is 12.6 Å². The number of aromatic amines is 1. The van der Waals surface area contributed by atoms with Gasteiger partial charge in [0.2, 0.25) is 0 Å². The van der Waals surface area contributed by atoms with Crippen LogP contribution >= 0.6 is 0 Å². The van der Waals surface area contributed by atoms with E-state index in [1.807, 2.05) is 0 Å². The molecule has 0 aromatic carbocycles. The predicted octanol–water partition coefficient (Wildman–Crippen LogP) is -1.29. The van der Waals surface area contributed by atoms with E-state index in [1.54, 1.807) is 6.07 Å². The molecule has 0 spiro atoms. The molecule has 1 saturated heterocycles. The molecule has 3 atom stereocenters. The highest BCUT2D eigenvalue weighted by molar-refractivity contribution is 5.73. The van der Waals surface area contributed by atoms with Crippen LogP contribution in [-0.4, -0.2) is 38.6 Å². The number of nitrogens with zero attached hydrogens (tertiary/aromatic N) is 2. The van der Waals surface area contributed by atoms with Gasteiger partial charge in [-0.15, -0.1) is 0 Å². The van der Waals surface area contributed by atoms with Crippen molar-refractivity contribution in [2.45, 2.75) is 24.9 Å². The Balaban J connectivity index is 2.44. The first-order valence-corrected chi connectivity index (χ1v) is 5.87. The summed E-state index contributed by atoms with van der Waals surface area (Å²) in [6.45, 7) is 3.04. The number of aliphatic hydroxyl groups is 2. The first kappa shape index (κ1) is 14.2. The fourth-order valence-electron chi connectivity index (χ4n) is 2.02. The van der Waals surface area contributed by atoms with E-state index in [0.717, 1.165) is 4.57 Å². The molecule has 0 radical (unpaired) electrons. The second kappa shape index (κ2) is 5.42. The molecule has 106 valence electrons. The number of H-pyrrole nitrogens is 1. The highest BCUT2D eigenvalue weighted by Gasteiger charge is 2.35. The third kappa shape index (κ3) is 2.42. The van der Waals surface area contributed by atoms with E-state index in [0.29, 0.717) is 0 Å². The van der Waals surface area contributed by atoms with E-state index in [2.05, 4.69) is 11.6 Å². The zero-order valence-electron chi connectivity index (χ0n) is 10.4. The van der Waals surface area contributed by atoms with Gasteiger partial charge in [-0.05, 0) is 0 Å². The average Bonchev–Trinajstić information content (AvgIpc) is 2.79. The molecule has 2 heterocycles. The van der Waals surface area contributed by atoms with Gasteiger partial charge in [0.15, 0.2) is 0 Å². The number of nitriles is 1. The molecule has 1 fully saturated rings. The third-order valence-electron chi connectivity index (χ3n) is 3.12. The van der Waals surface area contributed by atoms with Crippen LogP contribution in [0.5, 0.6) is 0 Å². The zero-order chi connectivity index (χ0) is 14.9. The van der Waals surface area contributed by atoms with Gasteiger partial charge in [-0.25, -0.2) is 4.79 Å². The Labute approximate surface area is 113 Å². The Morgan fingerprint density at radius 3 is 2.90 bits per heavy atom. The SMILES string of the molecule is C=C(C#N)c1cn([C@@H]2C[C@H](O)[C@@H](CO)O2)c(=O)[nH]c1=O. The van der Waals surface area contributed by atoms with Gasteiger partial charge < -0.3 is 14.9 Å². The van der Waals surface area contributed by atoms with Crippen molar-refractivity contribution in [2.24, 2.45) is 0 Å². The van der Waals surface area contributed by atoms with Crippen molar-refractivity contribution in [1.82, 2.24) is 9.55 Å². The summed E-state index contributed by atoms with van der Waals surface area (Å²) in [5.41, 5.74) is -1.56. The number of aromatic nitrogens is 2. The number of rotatable bonds is 3. The molecule has 0 unspecified atom stereocenters. The molecular formula is C12H13N3O5. The second-order valence-electron chi connectivity index (χ2n) is 4.41. The Kier molecular flexibility index (Phi) is 3.85. The lowest BCUT2D eigenvalue weighted by Crippen LogP contribution is -2.34. The van der Waals surface area contributed by atoms with E-state index < -0.39 is 29.7 Å². The number of nitrogens with one attached hydrogen (secondary N) is 1. The second-order valence-corrected chi connectivity index (χ2v) is 4.41.